The number of cyclic esters (lactones) is 1. The highest BCUT2D eigenvalue weighted by Gasteiger charge is 2.51. The summed E-state index contributed by atoms with van der Waals surface area (Å²) in [6, 6.07) is -0.639. The van der Waals surface area contributed by atoms with E-state index < -0.39 is 128 Å². The van der Waals surface area contributed by atoms with Gasteiger partial charge in [0.2, 0.25) is 0 Å². The number of carbonyl (C=O) groups is 4. The Balaban J connectivity index is 0.00000106. The molecule has 0 aliphatic carbocycles. The van der Waals surface area contributed by atoms with Crippen LogP contribution in [0, 0.1) is 17.3 Å². The van der Waals surface area contributed by atoms with E-state index in [4.69, 9.17) is 48.8 Å². The van der Waals surface area contributed by atoms with Gasteiger partial charge in [0.25, 0.3) is 0 Å². The fourth-order valence-electron chi connectivity index (χ4n) is 7.53. The molecule has 0 aromatic heterocycles. The van der Waals surface area contributed by atoms with Gasteiger partial charge in [-0.15, -0.1) is 0 Å². The summed E-state index contributed by atoms with van der Waals surface area (Å²) in [5.41, 5.74) is -0.464. The molecule has 0 aromatic carbocycles. The highest BCUT2D eigenvalue weighted by molar-refractivity contribution is 5.83. The average Bonchev–Trinajstić information content (AvgIpc) is 3.13. The van der Waals surface area contributed by atoms with Crippen molar-refractivity contribution in [3.05, 3.63) is 24.3 Å². The lowest BCUT2D eigenvalue weighted by Crippen LogP contribution is -2.65. The van der Waals surface area contributed by atoms with E-state index in [2.05, 4.69) is 0 Å². The molecule has 0 aromatic rings. The number of hydrogen-bond donors (Lipinski definition) is 8. The number of likely N-dealkylation sites (N-methyl/N-ethyl adjacent to an activating group) is 1. The number of methoxy groups -OCH3 is 1. The van der Waals surface area contributed by atoms with Gasteiger partial charge in [-0.1, -0.05) is 45.1 Å². The summed E-state index contributed by atoms with van der Waals surface area (Å²) in [5.74, 6) is -5.11. The largest absolute Gasteiger partial charge is 0.479 e. The SMILES string of the molecule is CO[C@@H]1[C@@H](O[C@@H]2O[C@H](C)[C@@H](O[C@@H]3CC(C)(C)[C@H](O)[C@@H](C)O3)[C@H](N(C)C)[C@H]2O)[C@@H](CC=O)C[C@@H](C)[C@@H](O)/C=C/C=C\C[C@@H](C)OC(=O)C[C@H]1O.O=C(O)C(O)C(O)C(=O)O. The van der Waals surface area contributed by atoms with Crippen LogP contribution < -0.4 is 0 Å². The third-order valence-corrected chi connectivity index (χ3v) is 10.9. The Hall–Kier alpha value is -2.92. The van der Waals surface area contributed by atoms with Crippen LogP contribution in [0.15, 0.2) is 24.3 Å². The predicted octanol–water partition coefficient (Wildman–Crippen LogP) is -0.00180. The van der Waals surface area contributed by atoms with Gasteiger partial charge in [-0.05, 0) is 58.5 Å². The van der Waals surface area contributed by atoms with Crippen molar-refractivity contribution in [2.45, 2.75) is 166 Å². The number of rotatable bonds is 11. The molecule has 0 bridgehead atoms. The molecular weight excluding hydrogens is 782 g/mol. The van der Waals surface area contributed by atoms with Gasteiger partial charge < -0.3 is 79.0 Å². The Morgan fingerprint density at radius 3 is 2.07 bits per heavy atom. The lowest BCUT2D eigenvalue weighted by molar-refractivity contribution is -0.340. The number of nitrogens with zero attached hydrogens (tertiary/aromatic N) is 1. The molecule has 19 heteroatoms. The van der Waals surface area contributed by atoms with Crippen LogP contribution in [-0.4, -0.2) is 183 Å². The van der Waals surface area contributed by atoms with Gasteiger partial charge in [0, 0.05) is 26.4 Å². The molecular formula is C40H67NO18. The minimum absolute atomic E-state index is 0.0144. The molecule has 0 amide bonds. The number of carbonyl (C=O) groups excluding carboxylic acids is 2. The molecule has 2 fully saturated rings. The summed E-state index contributed by atoms with van der Waals surface area (Å²) in [5, 5.41) is 77.3. The molecule has 3 rings (SSSR count). The minimum Gasteiger partial charge on any atom is -0.479 e. The summed E-state index contributed by atoms with van der Waals surface area (Å²) in [7, 11) is 4.98. The molecule has 8 N–H and O–H groups in total. The monoisotopic (exact) mass is 849 g/mol. The van der Waals surface area contributed by atoms with Crippen molar-refractivity contribution >= 4 is 24.2 Å². The fourth-order valence-corrected chi connectivity index (χ4v) is 7.53. The van der Waals surface area contributed by atoms with Crippen molar-refractivity contribution in [1.29, 1.82) is 0 Å². The number of carboxylic acids is 2. The normalized spacial score (nSPS) is 39.4. The molecule has 59 heavy (non-hydrogen) atoms. The molecule has 3 aliphatic heterocycles. The van der Waals surface area contributed by atoms with Crippen molar-refractivity contribution in [3.8, 4) is 0 Å². The molecule has 0 spiro atoms. The maximum atomic E-state index is 12.8. The Kier molecular flexibility index (Phi) is 21.2. The maximum Gasteiger partial charge on any atom is 0.335 e. The van der Waals surface area contributed by atoms with Gasteiger partial charge in [0.05, 0.1) is 49.1 Å². The lowest BCUT2D eigenvalue weighted by atomic mass is 9.78. The molecule has 2 unspecified atom stereocenters. The van der Waals surface area contributed by atoms with Gasteiger partial charge >= 0.3 is 17.9 Å². The average molecular weight is 850 g/mol. The van der Waals surface area contributed by atoms with Gasteiger partial charge in [-0.2, -0.15) is 0 Å². The second kappa shape index (κ2) is 23.9. The highest BCUT2D eigenvalue weighted by Crippen LogP contribution is 2.39. The Morgan fingerprint density at radius 1 is 0.932 bits per heavy atom. The molecule has 0 saturated carbocycles. The Bertz CT molecular complexity index is 1370. The van der Waals surface area contributed by atoms with Crippen LogP contribution >= 0.6 is 0 Å². The number of allylic oxidation sites excluding steroid dienone is 2. The van der Waals surface area contributed by atoms with Crippen molar-refractivity contribution < 1.29 is 88.5 Å². The molecule has 340 valence electrons. The number of esters is 1. The van der Waals surface area contributed by atoms with E-state index in [1.807, 2.05) is 31.7 Å². The number of carboxylic acid groups (broad SMARTS) is 2. The first kappa shape index (κ1) is 52.2. The van der Waals surface area contributed by atoms with Crippen LogP contribution in [0.3, 0.4) is 0 Å². The van der Waals surface area contributed by atoms with Crippen LogP contribution in [0.4, 0.5) is 0 Å². The number of aldehydes is 1. The zero-order valence-corrected chi connectivity index (χ0v) is 35.3. The lowest BCUT2D eigenvalue weighted by Gasteiger charge is -2.50. The molecule has 3 heterocycles. The maximum absolute atomic E-state index is 12.8. The molecule has 19 nitrogen and oxygen atoms in total. The number of aliphatic hydroxyl groups excluding tert-OH is 6. The van der Waals surface area contributed by atoms with E-state index in [0.717, 1.165) is 6.29 Å². The summed E-state index contributed by atoms with van der Waals surface area (Å²) < 4.78 is 36.6. The molecule has 2 saturated heterocycles. The third kappa shape index (κ3) is 15.2. The van der Waals surface area contributed by atoms with Crippen LogP contribution in [0.25, 0.3) is 0 Å². The van der Waals surface area contributed by atoms with Crippen molar-refractivity contribution in [3.63, 3.8) is 0 Å². The Morgan fingerprint density at radius 2 is 1.54 bits per heavy atom. The molecule has 0 radical (unpaired) electrons. The van der Waals surface area contributed by atoms with E-state index in [0.29, 0.717) is 12.8 Å². The second-order valence-electron chi connectivity index (χ2n) is 16.5. The first-order valence-corrected chi connectivity index (χ1v) is 19.8. The van der Waals surface area contributed by atoms with Gasteiger partial charge in [0.1, 0.15) is 30.7 Å². The summed E-state index contributed by atoms with van der Waals surface area (Å²) in [6.45, 7) is 11.1. The summed E-state index contributed by atoms with van der Waals surface area (Å²) in [4.78, 5) is 46.2. The van der Waals surface area contributed by atoms with E-state index in [1.54, 1.807) is 53.1 Å². The smallest absolute Gasteiger partial charge is 0.335 e. The quantitative estimate of drug-likeness (QED) is 0.100. The predicted molar refractivity (Wildman–Crippen MR) is 207 cm³/mol. The first-order valence-electron chi connectivity index (χ1n) is 19.8. The molecule has 3 aliphatic rings. The summed E-state index contributed by atoms with van der Waals surface area (Å²) in [6.07, 6.45) is -6.57. The van der Waals surface area contributed by atoms with Gasteiger partial charge in [0.15, 0.2) is 24.8 Å². The van der Waals surface area contributed by atoms with Crippen molar-refractivity contribution in [1.82, 2.24) is 4.90 Å². The van der Waals surface area contributed by atoms with E-state index in [9.17, 15) is 39.6 Å². The third-order valence-electron chi connectivity index (χ3n) is 10.9. The van der Waals surface area contributed by atoms with Crippen LogP contribution in [0.2, 0.25) is 0 Å². The topological polar surface area (TPSA) is 289 Å². The van der Waals surface area contributed by atoms with Crippen LogP contribution in [-0.2, 0) is 47.6 Å². The number of aliphatic hydroxyl groups is 6. The molecule has 17 atom stereocenters. The van der Waals surface area contributed by atoms with Gasteiger partial charge in [-0.3, -0.25) is 4.79 Å². The highest BCUT2D eigenvalue weighted by atomic mass is 16.7. The first-order chi connectivity index (χ1) is 27.5. The second-order valence-corrected chi connectivity index (χ2v) is 16.5. The fraction of sp³-hybridized carbons (Fsp3) is 0.800. The Labute approximate surface area is 345 Å². The van der Waals surface area contributed by atoms with Crippen LogP contribution in [0.5, 0.6) is 0 Å². The van der Waals surface area contributed by atoms with Crippen molar-refractivity contribution in [2.24, 2.45) is 17.3 Å². The zero-order valence-electron chi connectivity index (χ0n) is 35.3. The minimum atomic E-state index is -2.27. The van der Waals surface area contributed by atoms with E-state index in [1.165, 1.54) is 7.11 Å². The van der Waals surface area contributed by atoms with Crippen molar-refractivity contribution in [2.75, 3.05) is 21.2 Å². The number of hydrogen-bond acceptors (Lipinski definition) is 17. The van der Waals surface area contributed by atoms with Gasteiger partial charge in [-0.25, -0.2) is 9.59 Å². The summed E-state index contributed by atoms with van der Waals surface area (Å²) >= 11 is 0. The standard InChI is InChI=1S/C36H61NO12.C4H6O6/c1-20-17-24(15-16-38)32(33(44-9)26(40)18-27(41)45-21(2)13-11-10-12-14-25(20)39)49-35-30(42)29(37(7)8)31(22(3)47-35)48-28-19-36(5,6)34(43)23(4)46-28;5-1(3(7)8)2(6)4(9)10/h10-12,14,16,20-26,28-35,39-40,42-43H,13,15,17-19H2,1-9H3;1-2,5-6H,(H,7,8)(H,9,10)/b11-10-,14-12+;/t20-,21-,22-,23-,24+,25+,26-,28-,29-,30-,31-,32+,33+,34-,35+;/m1./s1. The number of aliphatic carboxylic acids is 2. The number of ether oxygens (including phenoxy) is 6. The zero-order chi connectivity index (χ0) is 44.9. The van der Waals surface area contributed by atoms with E-state index >= 15 is 0 Å². The van der Waals surface area contributed by atoms with E-state index in [-0.39, 0.29) is 18.8 Å². The van der Waals surface area contributed by atoms with Crippen LogP contribution in [0.1, 0.15) is 73.6 Å².